The van der Waals surface area contributed by atoms with Gasteiger partial charge in [0.05, 0.1) is 5.56 Å². The molecular weight excluding hydrogens is 491 g/mol. The minimum atomic E-state index is -4.73. The van der Waals surface area contributed by atoms with Gasteiger partial charge in [0.2, 0.25) is 0 Å². The van der Waals surface area contributed by atoms with Crippen LogP contribution in [0.2, 0.25) is 0 Å². The summed E-state index contributed by atoms with van der Waals surface area (Å²) in [6.07, 6.45) is 3.71. The molecule has 0 bridgehead atoms. The van der Waals surface area contributed by atoms with Gasteiger partial charge in [-0.15, -0.1) is 0 Å². The Hall–Kier alpha value is -3.21. The summed E-state index contributed by atoms with van der Waals surface area (Å²) in [6.45, 7) is 2.22. The largest absolute Gasteiger partial charge is 0.419 e. The van der Waals surface area contributed by atoms with Crippen LogP contribution in [0.25, 0.3) is 10.8 Å². The van der Waals surface area contributed by atoms with Crippen molar-refractivity contribution < 1.29 is 22.0 Å². The topological polar surface area (TPSA) is 0 Å². The highest BCUT2D eigenvalue weighted by Gasteiger charge is 2.33. The molecule has 4 aromatic carbocycles. The molecule has 4 rings (SSSR count). The van der Waals surface area contributed by atoms with E-state index >= 15 is 4.39 Å². The normalized spacial score (nSPS) is 11.8. The Balaban J connectivity index is 1.36. The van der Waals surface area contributed by atoms with E-state index in [0.29, 0.717) is 16.5 Å². The van der Waals surface area contributed by atoms with Crippen molar-refractivity contribution in [1.82, 2.24) is 0 Å². The molecule has 0 fully saturated rings. The lowest BCUT2D eigenvalue weighted by Gasteiger charge is -2.11. The van der Waals surface area contributed by atoms with Gasteiger partial charge in [0.25, 0.3) is 0 Å². The summed E-state index contributed by atoms with van der Waals surface area (Å²) >= 11 is 0. The second kappa shape index (κ2) is 12.6. The van der Waals surface area contributed by atoms with E-state index in [1.165, 1.54) is 42.9 Å². The average molecular weight is 525 g/mol. The highest BCUT2D eigenvalue weighted by atomic mass is 19.4. The lowest BCUT2D eigenvalue weighted by Crippen LogP contribution is -2.08. The summed E-state index contributed by atoms with van der Waals surface area (Å²) in [6, 6.07) is 21.0. The van der Waals surface area contributed by atoms with E-state index in [-0.39, 0.29) is 18.7 Å². The Labute approximate surface area is 221 Å². The number of aryl methyl sites for hydroxylation is 5. The number of halogens is 5. The van der Waals surface area contributed by atoms with Crippen molar-refractivity contribution in [3.05, 3.63) is 118 Å². The predicted molar refractivity (Wildman–Crippen MR) is 144 cm³/mol. The van der Waals surface area contributed by atoms with Gasteiger partial charge in [0, 0.05) is 5.39 Å². The van der Waals surface area contributed by atoms with Crippen LogP contribution in [0.15, 0.2) is 72.8 Å². The monoisotopic (exact) mass is 524 g/mol. The Morgan fingerprint density at radius 2 is 1.18 bits per heavy atom. The van der Waals surface area contributed by atoms with Crippen LogP contribution < -0.4 is 0 Å². The van der Waals surface area contributed by atoms with Gasteiger partial charge in [0.1, 0.15) is 11.6 Å². The van der Waals surface area contributed by atoms with E-state index in [4.69, 9.17) is 0 Å². The maximum atomic E-state index is 15.2. The Bertz CT molecular complexity index is 1350. The summed E-state index contributed by atoms with van der Waals surface area (Å²) < 4.78 is 67.4. The van der Waals surface area contributed by atoms with Gasteiger partial charge in [-0.1, -0.05) is 86.8 Å². The first kappa shape index (κ1) is 27.8. The van der Waals surface area contributed by atoms with Crippen molar-refractivity contribution >= 4 is 10.8 Å². The Kier molecular flexibility index (Phi) is 9.19. The molecule has 200 valence electrons. The molecule has 0 aromatic heterocycles. The van der Waals surface area contributed by atoms with E-state index < -0.39 is 17.6 Å². The van der Waals surface area contributed by atoms with Gasteiger partial charge in [-0.05, 0) is 83.9 Å². The molecule has 5 heteroatoms. The van der Waals surface area contributed by atoms with Crippen LogP contribution in [0.5, 0.6) is 0 Å². The van der Waals surface area contributed by atoms with E-state index in [9.17, 15) is 17.6 Å². The summed E-state index contributed by atoms with van der Waals surface area (Å²) in [7, 11) is 0. The maximum Gasteiger partial charge on any atom is 0.419 e. The van der Waals surface area contributed by atoms with Crippen molar-refractivity contribution in [2.45, 2.75) is 70.9 Å². The molecule has 0 nitrogen and oxygen atoms in total. The average Bonchev–Trinajstić information content (AvgIpc) is 2.89. The minimum absolute atomic E-state index is 0.243. The van der Waals surface area contributed by atoms with Crippen molar-refractivity contribution in [3.8, 4) is 0 Å². The zero-order valence-corrected chi connectivity index (χ0v) is 21.7. The fourth-order valence-corrected chi connectivity index (χ4v) is 4.88. The second-order valence-corrected chi connectivity index (χ2v) is 10.0. The second-order valence-electron chi connectivity index (χ2n) is 10.0. The zero-order valence-electron chi connectivity index (χ0n) is 21.7. The Morgan fingerprint density at radius 1 is 0.579 bits per heavy atom. The smallest absolute Gasteiger partial charge is 0.206 e. The quantitative estimate of drug-likeness (QED) is 0.135. The molecular formula is C33H33F5. The van der Waals surface area contributed by atoms with Crippen LogP contribution in [-0.4, -0.2) is 0 Å². The molecule has 38 heavy (non-hydrogen) atoms. The highest BCUT2D eigenvalue weighted by molar-refractivity contribution is 5.84. The molecule has 0 amide bonds. The summed E-state index contributed by atoms with van der Waals surface area (Å²) in [5.41, 5.74) is 3.36. The summed E-state index contributed by atoms with van der Waals surface area (Å²) in [5, 5.41) is 1.32. The zero-order chi connectivity index (χ0) is 27.1. The van der Waals surface area contributed by atoms with Crippen molar-refractivity contribution in [2.24, 2.45) is 0 Å². The molecule has 0 heterocycles. The molecule has 0 aliphatic rings. The van der Waals surface area contributed by atoms with Crippen LogP contribution >= 0.6 is 0 Å². The number of fused-ring (bicyclic) bond motifs is 1. The summed E-state index contributed by atoms with van der Waals surface area (Å²) in [4.78, 5) is 0. The molecule has 0 radical (unpaired) electrons. The van der Waals surface area contributed by atoms with Gasteiger partial charge in [-0.3, -0.25) is 0 Å². The number of benzene rings is 4. The first-order chi connectivity index (χ1) is 18.2. The third-order valence-corrected chi connectivity index (χ3v) is 7.16. The molecule has 0 saturated heterocycles. The molecule has 0 saturated carbocycles. The summed E-state index contributed by atoms with van der Waals surface area (Å²) in [5.74, 6) is -1.64. The van der Waals surface area contributed by atoms with Gasteiger partial charge in [0.15, 0.2) is 0 Å². The number of hydrogen-bond acceptors (Lipinski definition) is 0. The molecule has 0 spiro atoms. The SMILES string of the molecule is CCCCCCc1ccc(CCc2ccc3c(F)c(CCc4ccc(C(F)(F)F)c(F)c4)ccc3c2)cc1. The van der Waals surface area contributed by atoms with Gasteiger partial charge in [-0.25, -0.2) is 8.78 Å². The van der Waals surface area contributed by atoms with E-state index in [1.54, 1.807) is 12.1 Å². The van der Waals surface area contributed by atoms with Crippen LogP contribution in [0, 0.1) is 11.6 Å². The molecule has 0 atom stereocenters. The minimum Gasteiger partial charge on any atom is -0.206 e. The fraction of sp³-hybridized carbons (Fsp3) is 0.333. The number of alkyl halides is 3. The molecule has 4 aromatic rings. The van der Waals surface area contributed by atoms with Gasteiger partial charge >= 0.3 is 6.18 Å². The fourth-order valence-electron chi connectivity index (χ4n) is 4.88. The predicted octanol–water partition coefficient (Wildman–Crippen LogP) is 9.83. The number of unbranched alkanes of at least 4 members (excludes halogenated alkanes) is 3. The van der Waals surface area contributed by atoms with E-state index in [1.807, 2.05) is 18.2 Å². The standard InChI is InChI=1S/C33H33F5/c1-2-3-4-5-6-23-7-9-24(10-8-23)11-12-25-14-19-29-28(21-25)18-17-27(32(29)35)16-13-26-15-20-30(31(34)22-26)33(36,37)38/h7-10,14-15,17-22H,2-6,11-13,16H2,1H3. The van der Waals surface area contributed by atoms with Crippen LogP contribution in [0.4, 0.5) is 22.0 Å². The number of hydrogen-bond donors (Lipinski definition) is 0. The molecule has 0 aliphatic carbocycles. The van der Waals surface area contributed by atoms with Crippen LogP contribution in [0.3, 0.4) is 0 Å². The highest BCUT2D eigenvalue weighted by Crippen LogP contribution is 2.32. The third kappa shape index (κ3) is 7.21. The van der Waals surface area contributed by atoms with Crippen molar-refractivity contribution in [2.75, 3.05) is 0 Å². The Morgan fingerprint density at radius 3 is 1.87 bits per heavy atom. The van der Waals surface area contributed by atoms with E-state index in [0.717, 1.165) is 42.3 Å². The van der Waals surface area contributed by atoms with E-state index in [2.05, 4.69) is 31.2 Å². The molecule has 0 unspecified atom stereocenters. The first-order valence-electron chi connectivity index (χ1n) is 13.4. The van der Waals surface area contributed by atoms with Crippen molar-refractivity contribution in [3.63, 3.8) is 0 Å². The van der Waals surface area contributed by atoms with Crippen LogP contribution in [0.1, 0.15) is 66.0 Å². The maximum absolute atomic E-state index is 15.2. The lowest BCUT2D eigenvalue weighted by molar-refractivity contribution is -0.140. The first-order valence-corrected chi connectivity index (χ1v) is 13.4. The van der Waals surface area contributed by atoms with Crippen LogP contribution in [-0.2, 0) is 38.3 Å². The van der Waals surface area contributed by atoms with Gasteiger partial charge < -0.3 is 0 Å². The molecule has 0 N–H and O–H groups in total. The van der Waals surface area contributed by atoms with Gasteiger partial charge in [-0.2, -0.15) is 13.2 Å². The number of rotatable bonds is 11. The van der Waals surface area contributed by atoms with Crippen molar-refractivity contribution in [1.29, 1.82) is 0 Å². The molecule has 0 aliphatic heterocycles. The third-order valence-electron chi connectivity index (χ3n) is 7.16. The lowest BCUT2D eigenvalue weighted by atomic mass is 9.96.